The first-order valence-electron chi connectivity index (χ1n) is 4.43. The van der Waals surface area contributed by atoms with Crippen molar-refractivity contribution in [2.75, 3.05) is 5.33 Å². The number of aliphatic hydroxyl groups excluding tert-OH is 2. The maximum Gasteiger partial charge on any atom is 0.137 e. The Morgan fingerprint density at radius 1 is 1.33 bits per heavy atom. The van der Waals surface area contributed by atoms with Crippen LogP contribution < -0.4 is 0 Å². The summed E-state index contributed by atoms with van der Waals surface area (Å²) in [5.41, 5.74) is 0.497. The van der Waals surface area contributed by atoms with Gasteiger partial charge >= 0.3 is 0 Å². The number of alkyl halides is 1. The van der Waals surface area contributed by atoms with E-state index in [9.17, 15) is 14.6 Å². The molecule has 1 aromatic rings. The Labute approximate surface area is 104 Å². The van der Waals surface area contributed by atoms with Gasteiger partial charge in [-0.15, -0.1) is 0 Å². The molecule has 0 aliphatic carbocycles. The van der Waals surface area contributed by atoms with Crippen LogP contribution in [0.3, 0.4) is 0 Å². The molecule has 0 aliphatic rings. The highest BCUT2D eigenvalue weighted by molar-refractivity contribution is 9.10. The molecule has 0 saturated carbocycles. The van der Waals surface area contributed by atoms with Crippen LogP contribution in [0.15, 0.2) is 22.7 Å². The Morgan fingerprint density at radius 2 is 2.00 bits per heavy atom. The predicted molar refractivity (Wildman–Crippen MR) is 63.5 cm³/mol. The minimum Gasteiger partial charge on any atom is -0.390 e. The molecule has 1 aromatic carbocycles. The second-order valence-corrected chi connectivity index (χ2v) is 4.81. The van der Waals surface area contributed by atoms with E-state index >= 15 is 0 Å². The summed E-state index contributed by atoms with van der Waals surface area (Å²) in [5.74, 6) is -0.388. The van der Waals surface area contributed by atoms with Crippen LogP contribution in [0.2, 0.25) is 0 Å². The highest BCUT2D eigenvalue weighted by atomic mass is 79.9. The van der Waals surface area contributed by atoms with Crippen molar-refractivity contribution in [3.05, 3.63) is 34.1 Å². The molecule has 0 spiro atoms. The summed E-state index contributed by atoms with van der Waals surface area (Å²) in [4.78, 5) is 0. The highest BCUT2D eigenvalue weighted by Crippen LogP contribution is 2.24. The van der Waals surface area contributed by atoms with Gasteiger partial charge in [0.2, 0.25) is 0 Å². The molecule has 2 nitrogen and oxygen atoms in total. The monoisotopic (exact) mass is 340 g/mol. The average Bonchev–Trinajstić information content (AvgIpc) is 2.21. The van der Waals surface area contributed by atoms with Crippen molar-refractivity contribution in [2.24, 2.45) is 0 Å². The third-order valence-corrected chi connectivity index (χ3v) is 3.12. The van der Waals surface area contributed by atoms with Gasteiger partial charge in [-0.25, -0.2) is 4.39 Å². The second kappa shape index (κ2) is 5.94. The van der Waals surface area contributed by atoms with Crippen LogP contribution in [0.25, 0.3) is 0 Å². The lowest BCUT2D eigenvalue weighted by Gasteiger charge is -2.17. The third-order valence-electron chi connectivity index (χ3n) is 2.05. The zero-order valence-electron chi connectivity index (χ0n) is 7.83. The van der Waals surface area contributed by atoms with Gasteiger partial charge in [0, 0.05) is 5.33 Å². The second-order valence-electron chi connectivity index (χ2n) is 3.16. The van der Waals surface area contributed by atoms with Gasteiger partial charge in [-0.3, -0.25) is 0 Å². The highest BCUT2D eigenvalue weighted by Gasteiger charge is 2.18. The minimum atomic E-state index is -0.987. The van der Waals surface area contributed by atoms with E-state index in [-0.39, 0.29) is 10.3 Å². The smallest absolute Gasteiger partial charge is 0.137 e. The van der Waals surface area contributed by atoms with Crippen molar-refractivity contribution in [1.82, 2.24) is 0 Å². The van der Waals surface area contributed by atoms with Gasteiger partial charge < -0.3 is 10.2 Å². The topological polar surface area (TPSA) is 40.5 Å². The van der Waals surface area contributed by atoms with E-state index < -0.39 is 12.2 Å². The zero-order chi connectivity index (χ0) is 11.4. The lowest BCUT2D eigenvalue weighted by Crippen LogP contribution is -2.18. The maximum atomic E-state index is 12.9. The first kappa shape index (κ1) is 13.1. The van der Waals surface area contributed by atoms with E-state index in [2.05, 4.69) is 31.9 Å². The van der Waals surface area contributed by atoms with Crippen molar-refractivity contribution in [3.8, 4) is 0 Å². The lowest BCUT2D eigenvalue weighted by atomic mass is 10.0. The van der Waals surface area contributed by atoms with Crippen molar-refractivity contribution in [2.45, 2.75) is 18.6 Å². The van der Waals surface area contributed by atoms with Crippen LogP contribution in [0.4, 0.5) is 4.39 Å². The molecule has 0 aromatic heterocycles. The van der Waals surface area contributed by atoms with Crippen molar-refractivity contribution in [3.63, 3.8) is 0 Å². The third kappa shape index (κ3) is 3.52. The van der Waals surface area contributed by atoms with Crippen molar-refractivity contribution < 1.29 is 14.6 Å². The molecule has 15 heavy (non-hydrogen) atoms. The number of halogens is 3. The Hall–Kier alpha value is 0.0300. The zero-order valence-corrected chi connectivity index (χ0v) is 11.0. The molecule has 0 heterocycles. The van der Waals surface area contributed by atoms with Gasteiger partial charge in [0.25, 0.3) is 0 Å². The summed E-state index contributed by atoms with van der Waals surface area (Å²) in [6.07, 6.45) is -1.39. The normalized spacial score (nSPS) is 15.0. The Bertz CT molecular complexity index is 333. The lowest BCUT2D eigenvalue weighted by molar-refractivity contribution is 0.0173. The molecule has 0 bridgehead atoms. The fraction of sp³-hybridized carbons (Fsp3) is 0.400. The van der Waals surface area contributed by atoms with Crippen molar-refractivity contribution >= 4 is 31.9 Å². The SMILES string of the molecule is OC(CCBr)C(O)c1ccc(F)c(Br)c1. The Morgan fingerprint density at radius 3 is 2.53 bits per heavy atom. The Balaban J connectivity index is 2.81. The quantitative estimate of drug-likeness (QED) is 0.827. The molecule has 2 unspecified atom stereocenters. The first-order valence-corrected chi connectivity index (χ1v) is 6.34. The van der Waals surface area contributed by atoms with Crippen LogP contribution in [-0.4, -0.2) is 21.6 Å². The van der Waals surface area contributed by atoms with Gasteiger partial charge in [-0.05, 0) is 40.0 Å². The number of rotatable bonds is 4. The largest absolute Gasteiger partial charge is 0.390 e. The molecule has 2 N–H and O–H groups in total. The van der Waals surface area contributed by atoms with Gasteiger partial charge in [-0.1, -0.05) is 22.0 Å². The molecule has 2 atom stereocenters. The molecule has 0 aliphatic heterocycles. The molecule has 0 radical (unpaired) electrons. The summed E-state index contributed by atoms with van der Waals surface area (Å²) >= 11 is 6.20. The summed E-state index contributed by atoms with van der Waals surface area (Å²) in [6, 6.07) is 4.18. The number of benzene rings is 1. The van der Waals surface area contributed by atoms with Crippen LogP contribution >= 0.6 is 31.9 Å². The molecule has 84 valence electrons. The summed E-state index contributed by atoms with van der Waals surface area (Å²) < 4.78 is 13.2. The Kier molecular flexibility index (Phi) is 5.18. The van der Waals surface area contributed by atoms with E-state index in [0.29, 0.717) is 17.3 Å². The summed E-state index contributed by atoms with van der Waals surface area (Å²) in [6.45, 7) is 0. The van der Waals surface area contributed by atoms with Crippen molar-refractivity contribution in [1.29, 1.82) is 0 Å². The van der Waals surface area contributed by atoms with Gasteiger partial charge in [0.05, 0.1) is 10.6 Å². The summed E-state index contributed by atoms with van der Waals surface area (Å²) in [5, 5.41) is 19.9. The maximum absolute atomic E-state index is 12.9. The molecular weight excluding hydrogens is 331 g/mol. The van der Waals surface area contributed by atoms with Crippen LogP contribution in [0.5, 0.6) is 0 Å². The molecule has 0 fully saturated rings. The number of aliphatic hydroxyl groups is 2. The van der Waals surface area contributed by atoms with Crippen LogP contribution in [0, 0.1) is 5.82 Å². The van der Waals surface area contributed by atoms with E-state index in [0.717, 1.165) is 0 Å². The first-order chi connectivity index (χ1) is 7.06. The molecule has 0 amide bonds. The summed E-state index contributed by atoms with van der Waals surface area (Å²) in [7, 11) is 0. The minimum absolute atomic E-state index is 0.282. The van der Waals surface area contributed by atoms with Gasteiger partial charge in [0.15, 0.2) is 0 Å². The van der Waals surface area contributed by atoms with E-state index in [4.69, 9.17) is 0 Å². The van der Waals surface area contributed by atoms with Gasteiger partial charge in [-0.2, -0.15) is 0 Å². The fourth-order valence-electron chi connectivity index (χ4n) is 1.19. The van der Waals surface area contributed by atoms with E-state index in [1.165, 1.54) is 18.2 Å². The van der Waals surface area contributed by atoms with E-state index in [1.807, 2.05) is 0 Å². The molecule has 5 heteroatoms. The van der Waals surface area contributed by atoms with Crippen LogP contribution in [0.1, 0.15) is 18.1 Å². The van der Waals surface area contributed by atoms with Gasteiger partial charge in [0.1, 0.15) is 11.9 Å². The average molecular weight is 342 g/mol. The van der Waals surface area contributed by atoms with E-state index in [1.54, 1.807) is 0 Å². The molecule has 0 saturated heterocycles. The molecular formula is C10H11Br2FO2. The standard InChI is InChI=1S/C10H11Br2FO2/c11-4-3-9(14)10(15)6-1-2-8(13)7(12)5-6/h1-2,5,9-10,14-15H,3-4H2. The fourth-order valence-corrected chi connectivity index (χ4v) is 2.05. The van der Waals surface area contributed by atoms with Crippen LogP contribution in [-0.2, 0) is 0 Å². The predicted octanol–water partition coefficient (Wildman–Crippen LogP) is 2.77. The number of hydrogen-bond acceptors (Lipinski definition) is 2. The molecule has 1 rings (SSSR count). The number of hydrogen-bond donors (Lipinski definition) is 2.